The Bertz CT molecular complexity index is 902. The van der Waals surface area contributed by atoms with Crippen molar-refractivity contribution in [2.24, 2.45) is 0 Å². The van der Waals surface area contributed by atoms with Gasteiger partial charge in [-0.15, -0.1) is 0 Å². The molecule has 0 aliphatic carbocycles. The second-order valence-electron chi connectivity index (χ2n) is 6.19. The minimum Gasteiger partial charge on any atom is -0.478 e. The van der Waals surface area contributed by atoms with Crippen LogP contribution in [0.3, 0.4) is 0 Å². The Morgan fingerprint density at radius 2 is 1.96 bits per heavy atom. The van der Waals surface area contributed by atoms with Crippen LogP contribution in [0.4, 0.5) is 0 Å². The van der Waals surface area contributed by atoms with E-state index in [1.807, 2.05) is 24.3 Å². The van der Waals surface area contributed by atoms with Gasteiger partial charge in [0.05, 0.1) is 17.8 Å². The third kappa shape index (κ3) is 2.88. The number of likely N-dealkylation sites (tertiary alicyclic amines) is 1. The first kappa shape index (κ1) is 15.4. The summed E-state index contributed by atoms with van der Waals surface area (Å²) in [4.78, 5) is 25.4. The number of carbonyl (C=O) groups excluding carboxylic acids is 1. The molecule has 1 saturated heterocycles. The number of fused-ring (bicyclic) bond motifs is 1. The molecule has 7 heteroatoms. The van der Waals surface area contributed by atoms with E-state index in [2.05, 4.69) is 5.10 Å². The van der Waals surface area contributed by atoms with Gasteiger partial charge in [-0.25, -0.2) is 4.79 Å². The van der Waals surface area contributed by atoms with Gasteiger partial charge in [-0.1, -0.05) is 18.2 Å². The van der Waals surface area contributed by atoms with Crippen molar-refractivity contribution in [3.05, 3.63) is 54.0 Å². The number of nitrogens with zero attached hydrogens (tertiary/aromatic N) is 3. The molecule has 4 rings (SSSR count). The minimum absolute atomic E-state index is 0.104. The Morgan fingerprint density at radius 3 is 2.64 bits per heavy atom. The molecule has 3 heterocycles. The smallest absolute Gasteiger partial charge is 0.338 e. The first-order valence-electron chi connectivity index (χ1n) is 8.17. The van der Waals surface area contributed by atoms with Crippen LogP contribution in [0.1, 0.15) is 39.8 Å². The maximum atomic E-state index is 12.6. The number of benzene rings is 1. The third-order valence-corrected chi connectivity index (χ3v) is 4.61. The molecule has 7 nitrogen and oxygen atoms in total. The van der Waals surface area contributed by atoms with Crippen molar-refractivity contribution in [3.8, 4) is 0 Å². The number of aromatic carboxylic acids is 1. The molecule has 1 aliphatic rings. The number of para-hydroxylation sites is 1. The summed E-state index contributed by atoms with van der Waals surface area (Å²) < 4.78 is 7.34. The molecule has 2 aromatic heterocycles. The lowest BCUT2D eigenvalue weighted by molar-refractivity contribution is 0.0660. The number of hydrogen-bond donors (Lipinski definition) is 1. The number of aromatic nitrogens is 2. The van der Waals surface area contributed by atoms with Gasteiger partial charge in [0.1, 0.15) is 5.58 Å². The summed E-state index contributed by atoms with van der Waals surface area (Å²) in [5.41, 5.74) is 0.888. The fraction of sp³-hybridized carbons (Fsp3) is 0.278. The first-order chi connectivity index (χ1) is 12.1. The van der Waals surface area contributed by atoms with Crippen LogP contribution in [-0.2, 0) is 0 Å². The largest absolute Gasteiger partial charge is 0.478 e. The molecule has 3 aromatic rings. The van der Waals surface area contributed by atoms with Crippen LogP contribution in [-0.4, -0.2) is 44.8 Å². The highest BCUT2D eigenvalue weighted by atomic mass is 16.4. The van der Waals surface area contributed by atoms with Gasteiger partial charge in [-0.3, -0.25) is 9.48 Å². The van der Waals surface area contributed by atoms with Gasteiger partial charge in [-0.2, -0.15) is 5.10 Å². The second kappa shape index (κ2) is 6.08. The summed E-state index contributed by atoms with van der Waals surface area (Å²) in [6, 6.07) is 9.42. The van der Waals surface area contributed by atoms with Gasteiger partial charge in [0.15, 0.2) is 5.76 Å². The van der Waals surface area contributed by atoms with E-state index in [0.29, 0.717) is 24.4 Å². The molecule has 0 spiro atoms. The Labute approximate surface area is 143 Å². The zero-order chi connectivity index (χ0) is 17.4. The molecule has 1 aliphatic heterocycles. The summed E-state index contributed by atoms with van der Waals surface area (Å²) in [5, 5.41) is 14.0. The monoisotopic (exact) mass is 339 g/mol. The number of rotatable bonds is 3. The summed E-state index contributed by atoms with van der Waals surface area (Å²) in [6.07, 6.45) is 4.36. The normalized spacial score (nSPS) is 15.6. The Hall–Kier alpha value is -3.09. The molecule has 0 saturated carbocycles. The first-order valence-corrected chi connectivity index (χ1v) is 8.17. The maximum absolute atomic E-state index is 12.6. The number of carboxylic acids is 1. The van der Waals surface area contributed by atoms with E-state index in [1.165, 1.54) is 6.20 Å². The maximum Gasteiger partial charge on any atom is 0.338 e. The number of carboxylic acid groups (broad SMARTS) is 1. The molecular weight excluding hydrogens is 322 g/mol. The van der Waals surface area contributed by atoms with Gasteiger partial charge in [0, 0.05) is 24.7 Å². The highest BCUT2D eigenvalue weighted by molar-refractivity contribution is 5.96. The van der Waals surface area contributed by atoms with Gasteiger partial charge < -0.3 is 14.4 Å². The molecule has 1 fully saturated rings. The van der Waals surface area contributed by atoms with E-state index in [9.17, 15) is 9.59 Å². The van der Waals surface area contributed by atoms with E-state index in [0.717, 1.165) is 18.2 Å². The highest BCUT2D eigenvalue weighted by Crippen LogP contribution is 2.25. The molecule has 0 radical (unpaired) electrons. The summed E-state index contributed by atoms with van der Waals surface area (Å²) >= 11 is 0. The zero-order valence-electron chi connectivity index (χ0n) is 13.5. The van der Waals surface area contributed by atoms with Crippen LogP contribution in [0.5, 0.6) is 0 Å². The van der Waals surface area contributed by atoms with Gasteiger partial charge in [0.25, 0.3) is 5.91 Å². The fourth-order valence-electron chi connectivity index (χ4n) is 3.22. The average Bonchev–Trinajstić information content (AvgIpc) is 3.28. The molecule has 0 bridgehead atoms. The topological polar surface area (TPSA) is 88.6 Å². The van der Waals surface area contributed by atoms with Crippen LogP contribution in [0.25, 0.3) is 11.0 Å². The second-order valence-corrected chi connectivity index (χ2v) is 6.19. The molecular formula is C18H17N3O4. The number of amides is 1. The van der Waals surface area contributed by atoms with Crippen LogP contribution in [0.2, 0.25) is 0 Å². The fourth-order valence-corrected chi connectivity index (χ4v) is 3.22. The Balaban J connectivity index is 1.44. The van der Waals surface area contributed by atoms with Gasteiger partial charge >= 0.3 is 5.97 Å². The number of hydrogen-bond acceptors (Lipinski definition) is 4. The van der Waals surface area contributed by atoms with E-state index >= 15 is 0 Å². The van der Waals surface area contributed by atoms with Crippen LogP contribution in [0, 0.1) is 0 Å². The lowest BCUT2D eigenvalue weighted by Gasteiger charge is -2.31. The zero-order valence-corrected chi connectivity index (χ0v) is 13.5. The van der Waals surface area contributed by atoms with Crippen LogP contribution < -0.4 is 0 Å². The molecule has 128 valence electrons. The van der Waals surface area contributed by atoms with Crippen molar-refractivity contribution >= 4 is 22.8 Å². The van der Waals surface area contributed by atoms with Gasteiger partial charge in [-0.05, 0) is 25.0 Å². The third-order valence-electron chi connectivity index (χ3n) is 4.61. The van der Waals surface area contributed by atoms with Crippen LogP contribution >= 0.6 is 0 Å². The predicted molar refractivity (Wildman–Crippen MR) is 89.6 cm³/mol. The van der Waals surface area contributed by atoms with E-state index in [-0.39, 0.29) is 17.5 Å². The number of carbonyl (C=O) groups is 2. The summed E-state index contributed by atoms with van der Waals surface area (Å²) in [7, 11) is 0. The molecule has 25 heavy (non-hydrogen) atoms. The van der Waals surface area contributed by atoms with Crippen molar-refractivity contribution in [2.75, 3.05) is 13.1 Å². The van der Waals surface area contributed by atoms with Crippen LogP contribution in [0.15, 0.2) is 47.1 Å². The predicted octanol–water partition coefficient (Wildman–Crippen LogP) is 2.80. The van der Waals surface area contributed by atoms with Gasteiger partial charge in [0.2, 0.25) is 0 Å². The van der Waals surface area contributed by atoms with Crippen molar-refractivity contribution in [1.82, 2.24) is 14.7 Å². The minimum atomic E-state index is -0.983. The lowest BCUT2D eigenvalue weighted by atomic mass is 10.0. The molecule has 1 N–H and O–H groups in total. The van der Waals surface area contributed by atoms with E-state index in [1.54, 1.807) is 21.8 Å². The molecule has 1 aromatic carbocycles. The van der Waals surface area contributed by atoms with Crippen molar-refractivity contribution in [2.45, 2.75) is 18.9 Å². The summed E-state index contributed by atoms with van der Waals surface area (Å²) in [6.45, 7) is 1.17. The van der Waals surface area contributed by atoms with Crippen molar-refractivity contribution in [1.29, 1.82) is 0 Å². The Morgan fingerprint density at radius 1 is 1.20 bits per heavy atom. The SMILES string of the molecule is O=C(O)c1cnn(C2CCN(C(=O)c3cc4ccccc4o3)CC2)c1. The summed E-state index contributed by atoms with van der Waals surface area (Å²) in [5.74, 6) is -0.739. The molecule has 0 atom stereocenters. The van der Waals surface area contributed by atoms with E-state index in [4.69, 9.17) is 9.52 Å². The number of piperidine rings is 1. The van der Waals surface area contributed by atoms with Crippen molar-refractivity contribution in [3.63, 3.8) is 0 Å². The quantitative estimate of drug-likeness (QED) is 0.792. The Kier molecular flexibility index (Phi) is 3.76. The van der Waals surface area contributed by atoms with Crippen molar-refractivity contribution < 1.29 is 19.1 Å². The number of furan rings is 1. The average molecular weight is 339 g/mol. The highest BCUT2D eigenvalue weighted by Gasteiger charge is 2.27. The molecule has 1 amide bonds. The lowest BCUT2D eigenvalue weighted by Crippen LogP contribution is -2.39. The standard InChI is InChI=1S/C18H17N3O4/c22-17(16-9-12-3-1-2-4-15(12)25-16)20-7-5-14(6-8-20)21-11-13(10-19-21)18(23)24/h1-4,9-11,14H,5-8H2,(H,23,24). The molecule has 0 unspecified atom stereocenters. The van der Waals surface area contributed by atoms with E-state index < -0.39 is 5.97 Å².